The van der Waals surface area contributed by atoms with Crippen LogP contribution in [-0.2, 0) is 14.4 Å². The molecule has 1 aliphatic heterocycles. The lowest BCUT2D eigenvalue weighted by atomic mass is 10.1. The molecule has 1 N–H and O–H groups in total. The first-order valence-electron chi connectivity index (χ1n) is 8.53. The fraction of sp³-hybridized carbons (Fsp3) is 0.250. The van der Waals surface area contributed by atoms with E-state index in [0.717, 1.165) is 11.1 Å². The van der Waals surface area contributed by atoms with Crippen molar-refractivity contribution in [3.8, 4) is 11.5 Å². The van der Waals surface area contributed by atoms with Crippen LogP contribution in [0.15, 0.2) is 41.6 Å². The number of fused-ring (bicyclic) bond motifs is 1. The molecule has 0 saturated carbocycles. The zero-order valence-electron chi connectivity index (χ0n) is 15.8. The highest BCUT2D eigenvalue weighted by molar-refractivity contribution is 5.99. The number of amides is 1. The minimum atomic E-state index is -0.476. The molecule has 0 atom stereocenters. The molecule has 3 rings (SSSR count). The maximum Gasteiger partial charge on any atom is 0.337 e. The largest absolute Gasteiger partial charge is 0.465 e. The SMILES string of the molecule is COC(=O)c1ccc(C)c(NC(=O)CO/N=C(/C)c2ccc3c(c2)OCO3)c1. The normalized spacial score (nSPS) is 12.5. The average Bonchev–Trinajstić information content (AvgIpc) is 3.16. The van der Waals surface area contributed by atoms with Gasteiger partial charge in [0.25, 0.3) is 5.91 Å². The summed E-state index contributed by atoms with van der Waals surface area (Å²) in [5.41, 5.74) is 3.05. The molecule has 0 spiro atoms. The van der Waals surface area contributed by atoms with Gasteiger partial charge in [0.1, 0.15) is 0 Å². The van der Waals surface area contributed by atoms with Gasteiger partial charge in [-0.05, 0) is 49.7 Å². The second kappa shape index (κ2) is 8.43. The lowest BCUT2D eigenvalue weighted by Crippen LogP contribution is -2.18. The zero-order valence-corrected chi connectivity index (χ0v) is 15.8. The smallest absolute Gasteiger partial charge is 0.337 e. The van der Waals surface area contributed by atoms with Crippen molar-refractivity contribution < 1.29 is 28.6 Å². The molecule has 1 aliphatic rings. The molecule has 0 fully saturated rings. The molecule has 8 nitrogen and oxygen atoms in total. The van der Waals surface area contributed by atoms with Gasteiger partial charge in [0.05, 0.1) is 18.4 Å². The Balaban J connectivity index is 1.58. The molecular formula is C20H20N2O6. The molecule has 0 bridgehead atoms. The number of carbonyl (C=O) groups is 2. The van der Waals surface area contributed by atoms with E-state index < -0.39 is 11.9 Å². The first-order valence-corrected chi connectivity index (χ1v) is 8.53. The number of nitrogens with zero attached hydrogens (tertiary/aromatic N) is 1. The Morgan fingerprint density at radius 2 is 1.86 bits per heavy atom. The van der Waals surface area contributed by atoms with Crippen molar-refractivity contribution in [1.29, 1.82) is 0 Å². The van der Waals surface area contributed by atoms with E-state index >= 15 is 0 Å². The van der Waals surface area contributed by atoms with Crippen molar-refractivity contribution in [2.75, 3.05) is 25.8 Å². The standard InChI is InChI=1S/C20H20N2O6/c1-12-4-5-15(20(24)25-3)8-16(12)21-19(23)10-28-22-13(2)14-6-7-17-18(9-14)27-11-26-17/h4-9H,10-11H2,1-3H3,(H,21,23)/b22-13-. The van der Waals surface area contributed by atoms with Crippen LogP contribution in [-0.4, -0.2) is 38.1 Å². The number of aryl methyl sites for hydroxylation is 1. The average molecular weight is 384 g/mol. The van der Waals surface area contributed by atoms with Gasteiger partial charge in [-0.25, -0.2) is 4.79 Å². The topological polar surface area (TPSA) is 95.5 Å². The highest BCUT2D eigenvalue weighted by Crippen LogP contribution is 2.32. The van der Waals surface area contributed by atoms with Gasteiger partial charge in [-0.15, -0.1) is 0 Å². The maximum absolute atomic E-state index is 12.1. The number of hydrogen-bond acceptors (Lipinski definition) is 7. The summed E-state index contributed by atoms with van der Waals surface area (Å²) in [6.45, 7) is 3.50. The molecule has 0 saturated heterocycles. The Kier molecular flexibility index (Phi) is 5.78. The van der Waals surface area contributed by atoms with Crippen molar-refractivity contribution in [2.24, 2.45) is 5.16 Å². The molecule has 1 amide bonds. The van der Waals surface area contributed by atoms with Crippen LogP contribution in [0.4, 0.5) is 5.69 Å². The number of methoxy groups -OCH3 is 1. The third-order valence-corrected chi connectivity index (χ3v) is 4.12. The molecule has 146 valence electrons. The molecule has 8 heteroatoms. The van der Waals surface area contributed by atoms with Gasteiger partial charge in [0.15, 0.2) is 18.1 Å². The summed E-state index contributed by atoms with van der Waals surface area (Å²) in [5, 5.41) is 6.67. The fourth-order valence-corrected chi connectivity index (χ4v) is 2.55. The number of ether oxygens (including phenoxy) is 3. The van der Waals surface area contributed by atoms with E-state index in [1.165, 1.54) is 7.11 Å². The Morgan fingerprint density at radius 1 is 1.11 bits per heavy atom. The molecule has 0 unspecified atom stereocenters. The summed E-state index contributed by atoms with van der Waals surface area (Å²) in [6.07, 6.45) is 0. The molecule has 2 aromatic carbocycles. The Labute approximate surface area is 162 Å². The molecule has 0 aliphatic carbocycles. The number of carbonyl (C=O) groups excluding carboxylic acids is 2. The minimum absolute atomic E-state index is 0.197. The summed E-state index contributed by atoms with van der Waals surface area (Å²) in [7, 11) is 1.30. The third kappa shape index (κ3) is 4.40. The van der Waals surface area contributed by atoms with Crippen molar-refractivity contribution in [1.82, 2.24) is 0 Å². The molecule has 28 heavy (non-hydrogen) atoms. The van der Waals surface area contributed by atoms with E-state index in [1.807, 2.05) is 13.0 Å². The van der Waals surface area contributed by atoms with E-state index in [0.29, 0.717) is 28.5 Å². The summed E-state index contributed by atoms with van der Waals surface area (Å²) in [6, 6.07) is 10.3. The van der Waals surface area contributed by atoms with E-state index in [-0.39, 0.29) is 13.4 Å². The summed E-state index contributed by atoms with van der Waals surface area (Å²) < 4.78 is 15.3. The van der Waals surface area contributed by atoms with E-state index in [4.69, 9.17) is 14.3 Å². The van der Waals surface area contributed by atoms with Crippen LogP contribution in [0.3, 0.4) is 0 Å². The highest BCUT2D eigenvalue weighted by Gasteiger charge is 2.14. The van der Waals surface area contributed by atoms with Gasteiger partial charge in [-0.3, -0.25) is 4.79 Å². The zero-order chi connectivity index (χ0) is 20.1. The fourth-order valence-electron chi connectivity index (χ4n) is 2.55. The molecular weight excluding hydrogens is 364 g/mol. The van der Waals surface area contributed by atoms with E-state index in [1.54, 1.807) is 37.3 Å². The lowest BCUT2D eigenvalue weighted by Gasteiger charge is -2.10. The van der Waals surface area contributed by atoms with Crippen LogP contribution in [0.5, 0.6) is 11.5 Å². The predicted molar refractivity (Wildman–Crippen MR) is 102 cm³/mol. The van der Waals surface area contributed by atoms with Crippen LogP contribution >= 0.6 is 0 Å². The number of nitrogens with one attached hydrogen (secondary N) is 1. The van der Waals surface area contributed by atoms with Gasteiger partial charge in [0.2, 0.25) is 6.79 Å². The Bertz CT molecular complexity index is 938. The molecule has 1 heterocycles. The Morgan fingerprint density at radius 3 is 2.64 bits per heavy atom. The third-order valence-electron chi connectivity index (χ3n) is 4.12. The highest BCUT2D eigenvalue weighted by atomic mass is 16.7. The number of benzene rings is 2. The van der Waals surface area contributed by atoms with Gasteiger partial charge in [-0.2, -0.15) is 0 Å². The van der Waals surface area contributed by atoms with Crippen LogP contribution in [0.2, 0.25) is 0 Å². The minimum Gasteiger partial charge on any atom is -0.465 e. The van der Waals surface area contributed by atoms with Crippen molar-refractivity contribution in [3.63, 3.8) is 0 Å². The predicted octanol–water partition coefficient (Wildman–Crippen LogP) is 2.89. The van der Waals surface area contributed by atoms with Crippen LogP contribution in [0.25, 0.3) is 0 Å². The van der Waals surface area contributed by atoms with Crippen molar-refractivity contribution in [2.45, 2.75) is 13.8 Å². The van der Waals surface area contributed by atoms with Crippen LogP contribution in [0, 0.1) is 6.92 Å². The van der Waals surface area contributed by atoms with Crippen molar-refractivity contribution in [3.05, 3.63) is 53.1 Å². The number of oxime groups is 1. The second-order valence-corrected chi connectivity index (χ2v) is 6.09. The quantitative estimate of drug-likeness (QED) is 0.467. The van der Waals surface area contributed by atoms with Gasteiger partial charge in [-0.1, -0.05) is 11.2 Å². The summed E-state index contributed by atoms with van der Waals surface area (Å²) >= 11 is 0. The molecule has 0 aromatic heterocycles. The van der Waals surface area contributed by atoms with Gasteiger partial charge < -0.3 is 24.4 Å². The summed E-state index contributed by atoms with van der Waals surface area (Å²) in [4.78, 5) is 28.9. The van der Waals surface area contributed by atoms with E-state index in [9.17, 15) is 9.59 Å². The van der Waals surface area contributed by atoms with E-state index in [2.05, 4.69) is 15.2 Å². The van der Waals surface area contributed by atoms with Crippen LogP contribution in [0.1, 0.15) is 28.4 Å². The summed E-state index contributed by atoms with van der Waals surface area (Å²) in [5.74, 6) is 0.454. The first kappa shape index (κ1) is 19.2. The van der Waals surface area contributed by atoms with Gasteiger partial charge >= 0.3 is 5.97 Å². The number of esters is 1. The number of rotatable bonds is 6. The number of hydrogen-bond donors (Lipinski definition) is 1. The lowest BCUT2D eigenvalue weighted by molar-refractivity contribution is -0.120. The van der Waals surface area contributed by atoms with Crippen LogP contribution < -0.4 is 14.8 Å². The second-order valence-electron chi connectivity index (χ2n) is 6.09. The van der Waals surface area contributed by atoms with Crippen molar-refractivity contribution >= 4 is 23.3 Å². The Hall–Kier alpha value is -3.55. The first-order chi connectivity index (χ1) is 13.5. The molecule has 2 aromatic rings. The maximum atomic E-state index is 12.1. The molecule has 0 radical (unpaired) electrons. The number of anilines is 1. The van der Waals surface area contributed by atoms with Gasteiger partial charge in [0, 0.05) is 11.3 Å². The monoisotopic (exact) mass is 384 g/mol.